The van der Waals surface area contributed by atoms with E-state index in [0.29, 0.717) is 18.0 Å². The third-order valence-electron chi connectivity index (χ3n) is 3.97. The number of hydrogen-bond acceptors (Lipinski definition) is 7. The van der Waals surface area contributed by atoms with Crippen LogP contribution in [-0.4, -0.2) is 63.0 Å². The van der Waals surface area contributed by atoms with Crippen molar-refractivity contribution in [3.05, 3.63) is 10.4 Å². The van der Waals surface area contributed by atoms with E-state index in [2.05, 4.69) is 20.2 Å². The fourth-order valence-corrected chi connectivity index (χ4v) is 2.79. The number of aryl methyl sites for hydroxylation is 1. The van der Waals surface area contributed by atoms with Crippen molar-refractivity contribution in [1.82, 2.24) is 24.4 Å². The van der Waals surface area contributed by atoms with Crippen molar-refractivity contribution in [2.45, 2.75) is 13.5 Å². The van der Waals surface area contributed by atoms with Crippen molar-refractivity contribution in [3.8, 4) is 6.01 Å². The molecule has 0 unspecified atom stereocenters. The van der Waals surface area contributed by atoms with Crippen molar-refractivity contribution in [2.75, 3.05) is 37.7 Å². The van der Waals surface area contributed by atoms with Gasteiger partial charge in [-0.3, -0.25) is 9.36 Å². The summed E-state index contributed by atoms with van der Waals surface area (Å²) in [6.07, 6.45) is 0. The summed E-state index contributed by atoms with van der Waals surface area (Å²) in [6.45, 7) is 5.27. The molecule has 0 saturated carbocycles. The van der Waals surface area contributed by atoms with Gasteiger partial charge in [-0.25, -0.2) is 4.79 Å². The van der Waals surface area contributed by atoms with Crippen LogP contribution in [-0.2, 0) is 18.4 Å². The Balaban J connectivity index is 2.10. The van der Waals surface area contributed by atoms with Crippen LogP contribution in [0.5, 0.6) is 6.01 Å². The number of hydrogen-bond donors (Lipinski definition) is 2. The monoisotopic (exact) mass is 336 g/mol. The van der Waals surface area contributed by atoms with E-state index >= 15 is 0 Å². The maximum atomic E-state index is 12.7. The second-order valence-corrected chi connectivity index (χ2v) is 5.51. The first-order valence-electron chi connectivity index (χ1n) is 7.80. The normalized spacial score (nSPS) is 15.0. The standard InChI is InChI=1S/C14H20N6O4/c1-3-20-10-11(16-13(20)19-6-4-15-5-7-19)17-14(18(2)12(10)23)24-8-9(21)22/h15H,3-8H2,1-2H3,(H,21,22). The van der Waals surface area contributed by atoms with Gasteiger partial charge in [-0.15, -0.1) is 0 Å². The molecule has 1 aliphatic heterocycles. The fourth-order valence-electron chi connectivity index (χ4n) is 2.79. The molecule has 0 aliphatic carbocycles. The molecule has 2 aromatic heterocycles. The van der Waals surface area contributed by atoms with Gasteiger partial charge in [0.2, 0.25) is 5.95 Å². The van der Waals surface area contributed by atoms with Gasteiger partial charge in [0.25, 0.3) is 5.56 Å². The van der Waals surface area contributed by atoms with Gasteiger partial charge in [0.1, 0.15) is 0 Å². The van der Waals surface area contributed by atoms with Gasteiger partial charge in [0.15, 0.2) is 17.8 Å². The third-order valence-corrected chi connectivity index (χ3v) is 3.97. The molecule has 1 saturated heterocycles. The maximum absolute atomic E-state index is 12.7. The predicted octanol–water partition coefficient (Wildman–Crippen LogP) is -0.977. The quantitative estimate of drug-likeness (QED) is 0.716. The van der Waals surface area contributed by atoms with Gasteiger partial charge in [-0.2, -0.15) is 9.97 Å². The minimum absolute atomic E-state index is 0.0532. The molecule has 2 aromatic rings. The third kappa shape index (κ3) is 2.80. The number of fused-ring (bicyclic) bond motifs is 1. The molecular weight excluding hydrogens is 316 g/mol. The first-order valence-corrected chi connectivity index (χ1v) is 7.80. The van der Waals surface area contributed by atoms with Crippen molar-refractivity contribution >= 4 is 23.1 Å². The predicted molar refractivity (Wildman–Crippen MR) is 86.7 cm³/mol. The highest BCUT2D eigenvalue weighted by Crippen LogP contribution is 2.21. The summed E-state index contributed by atoms with van der Waals surface area (Å²) < 4.78 is 8.15. The van der Waals surface area contributed by atoms with E-state index in [-0.39, 0.29) is 17.2 Å². The highest BCUT2D eigenvalue weighted by Gasteiger charge is 2.22. The molecular formula is C14H20N6O4. The zero-order valence-electron chi connectivity index (χ0n) is 13.7. The number of ether oxygens (including phenoxy) is 1. The number of anilines is 1. The number of rotatable bonds is 5. The molecule has 10 heteroatoms. The van der Waals surface area contributed by atoms with Gasteiger partial charge < -0.3 is 24.6 Å². The van der Waals surface area contributed by atoms with E-state index in [4.69, 9.17) is 9.84 Å². The van der Waals surface area contributed by atoms with Crippen LogP contribution in [0, 0.1) is 0 Å². The number of imidazole rings is 1. The Hall–Kier alpha value is -2.62. The number of piperazine rings is 1. The van der Waals surface area contributed by atoms with Crippen LogP contribution in [0.3, 0.4) is 0 Å². The molecule has 2 N–H and O–H groups in total. The highest BCUT2D eigenvalue weighted by atomic mass is 16.5. The molecule has 0 atom stereocenters. The van der Waals surface area contributed by atoms with E-state index in [9.17, 15) is 9.59 Å². The van der Waals surface area contributed by atoms with Crippen LogP contribution in [0.2, 0.25) is 0 Å². The van der Waals surface area contributed by atoms with Gasteiger partial charge >= 0.3 is 12.0 Å². The van der Waals surface area contributed by atoms with Crippen molar-refractivity contribution in [1.29, 1.82) is 0 Å². The Bertz CT molecular complexity index is 821. The number of carboxylic acid groups (broad SMARTS) is 1. The summed E-state index contributed by atoms with van der Waals surface area (Å²) in [7, 11) is 1.50. The zero-order chi connectivity index (χ0) is 17.3. The topological polar surface area (TPSA) is 115 Å². The molecule has 3 rings (SSSR count). The minimum Gasteiger partial charge on any atom is -0.479 e. The average molecular weight is 336 g/mol. The smallest absolute Gasteiger partial charge is 0.341 e. The van der Waals surface area contributed by atoms with Crippen LogP contribution in [0.15, 0.2) is 4.79 Å². The van der Waals surface area contributed by atoms with E-state index < -0.39 is 12.6 Å². The lowest BCUT2D eigenvalue weighted by molar-refractivity contribution is -0.139. The first-order chi connectivity index (χ1) is 11.5. The van der Waals surface area contributed by atoms with Crippen LogP contribution in [0.25, 0.3) is 11.2 Å². The minimum atomic E-state index is -1.13. The Morgan fingerprint density at radius 1 is 1.33 bits per heavy atom. The van der Waals surface area contributed by atoms with Gasteiger partial charge in [0.05, 0.1) is 0 Å². The Morgan fingerprint density at radius 3 is 2.67 bits per heavy atom. The highest BCUT2D eigenvalue weighted by molar-refractivity contribution is 5.74. The molecule has 0 spiro atoms. The summed E-state index contributed by atoms with van der Waals surface area (Å²) in [5, 5.41) is 12.0. The fraction of sp³-hybridized carbons (Fsp3) is 0.571. The van der Waals surface area contributed by atoms with E-state index in [1.165, 1.54) is 11.6 Å². The molecule has 1 aliphatic rings. The van der Waals surface area contributed by atoms with Crippen molar-refractivity contribution in [2.24, 2.45) is 7.05 Å². The Kier molecular flexibility index (Phi) is 4.38. The molecule has 0 bridgehead atoms. The van der Waals surface area contributed by atoms with E-state index in [1.54, 1.807) is 0 Å². The average Bonchev–Trinajstić information content (AvgIpc) is 2.96. The number of carboxylic acids is 1. The van der Waals surface area contributed by atoms with Gasteiger partial charge in [-0.05, 0) is 6.92 Å². The molecule has 1 fully saturated rings. The Morgan fingerprint density at radius 2 is 2.04 bits per heavy atom. The van der Waals surface area contributed by atoms with E-state index in [0.717, 1.165) is 26.2 Å². The molecule has 130 valence electrons. The first kappa shape index (κ1) is 16.2. The lowest BCUT2D eigenvalue weighted by atomic mass is 10.4. The summed E-state index contributed by atoms with van der Waals surface area (Å²) in [6, 6.07) is -0.0532. The second-order valence-electron chi connectivity index (χ2n) is 5.51. The molecule has 0 radical (unpaired) electrons. The molecule has 24 heavy (non-hydrogen) atoms. The van der Waals surface area contributed by atoms with Crippen LogP contribution in [0.4, 0.5) is 5.95 Å². The summed E-state index contributed by atoms with van der Waals surface area (Å²) in [5.41, 5.74) is 0.362. The maximum Gasteiger partial charge on any atom is 0.341 e. The van der Waals surface area contributed by atoms with Crippen LogP contribution in [0.1, 0.15) is 6.92 Å². The summed E-state index contributed by atoms with van der Waals surface area (Å²) >= 11 is 0. The molecule has 0 aromatic carbocycles. The molecule has 3 heterocycles. The number of carbonyl (C=O) groups is 1. The van der Waals surface area contributed by atoms with Gasteiger partial charge in [-0.1, -0.05) is 0 Å². The van der Waals surface area contributed by atoms with Crippen LogP contribution < -0.4 is 20.5 Å². The largest absolute Gasteiger partial charge is 0.479 e. The van der Waals surface area contributed by atoms with Crippen LogP contribution >= 0.6 is 0 Å². The van der Waals surface area contributed by atoms with Gasteiger partial charge in [0, 0.05) is 39.8 Å². The summed E-state index contributed by atoms with van der Waals surface area (Å²) in [5.74, 6) is -0.432. The summed E-state index contributed by atoms with van der Waals surface area (Å²) in [4.78, 5) is 34.2. The zero-order valence-corrected chi connectivity index (χ0v) is 13.7. The van der Waals surface area contributed by atoms with Crippen molar-refractivity contribution < 1.29 is 14.6 Å². The van der Waals surface area contributed by atoms with Crippen molar-refractivity contribution in [3.63, 3.8) is 0 Å². The van der Waals surface area contributed by atoms with E-state index in [1.807, 2.05) is 11.5 Å². The SMILES string of the molecule is CCn1c(N2CCNCC2)nc2nc(OCC(=O)O)n(C)c(=O)c21. The lowest BCUT2D eigenvalue weighted by Crippen LogP contribution is -2.44. The number of aromatic nitrogens is 4. The lowest BCUT2D eigenvalue weighted by Gasteiger charge is -2.28. The molecule has 0 amide bonds. The second kappa shape index (κ2) is 6.48. The number of nitrogens with zero attached hydrogens (tertiary/aromatic N) is 5. The Labute approximate surface area is 137 Å². The number of aliphatic carboxylic acids is 1. The number of nitrogens with one attached hydrogen (secondary N) is 1. The molecule has 10 nitrogen and oxygen atoms in total.